The monoisotopic (exact) mass is 246 g/mol. The lowest BCUT2D eigenvalue weighted by atomic mass is 9.78. The fraction of sp³-hybridized carbons (Fsp3) is 1.00. The highest BCUT2D eigenvalue weighted by Crippen LogP contribution is 2.42. The second-order valence-electron chi connectivity index (χ2n) is 6.29. The number of hydrogen-bond acceptors (Lipinski definition) is 1. The second-order valence-corrected chi connectivity index (χ2v) is 6.29. The van der Waals surface area contributed by atoms with Gasteiger partial charge < -0.3 is 5.11 Å². The minimum Gasteiger partial charge on any atom is -0.393 e. The van der Waals surface area contributed by atoms with E-state index in [1.54, 1.807) is 0 Å². The van der Waals surface area contributed by atoms with Crippen LogP contribution < -0.4 is 0 Å². The van der Waals surface area contributed by atoms with Crippen LogP contribution in [0.3, 0.4) is 0 Å². The molecular formula is C14H24F2O. The number of aliphatic hydroxyl groups excluding tert-OH is 1. The van der Waals surface area contributed by atoms with Gasteiger partial charge in [-0.1, -0.05) is 19.8 Å². The predicted octanol–water partition coefficient (Wildman–Crippen LogP) is 4.00. The fourth-order valence-electron chi connectivity index (χ4n) is 3.45. The van der Waals surface area contributed by atoms with Crippen molar-refractivity contribution < 1.29 is 13.9 Å². The van der Waals surface area contributed by atoms with Crippen molar-refractivity contribution in [3.63, 3.8) is 0 Å². The summed E-state index contributed by atoms with van der Waals surface area (Å²) in [5.74, 6) is -1.29. The first kappa shape index (κ1) is 13.3. The molecule has 2 rings (SSSR count). The van der Waals surface area contributed by atoms with E-state index in [4.69, 9.17) is 0 Å². The lowest BCUT2D eigenvalue weighted by molar-refractivity contribution is -0.000738. The molecule has 2 saturated carbocycles. The van der Waals surface area contributed by atoms with Crippen molar-refractivity contribution in [1.29, 1.82) is 0 Å². The third-order valence-electron chi connectivity index (χ3n) is 4.69. The van der Waals surface area contributed by atoms with E-state index in [9.17, 15) is 13.9 Å². The topological polar surface area (TPSA) is 20.2 Å². The molecule has 0 aromatic heterocycles. The number of aliphatic hydroxyl groups is 1. The molecule has 0 radical (unpaired) electrons. The van der Waals surface area contributed by atoms with Crippen molar-refractivity contribution in [3.8, 4) is 0 Å². The Labute approximate surface area is 103 Å². The van der Waals surface area contributed by atoms with Crippen LogP contribution in [0.25, 0.3) is 0 Å². The molecular weight excluding hydrogens is 222 g/mol. The predicted molar refractivity (Wildman–Crippen MR) is 64.0 cm³/mol. The molecule has 0 saturated heterocycles. The molecule has 3 heteroatoms. The van der Waals surface area contributed by atoms with Gasteiger partial charge in [0.2, 0.25) is 5.92 Å². The average molecular weight is 246 g/mol. The van der Waals surface area contributed by atoms with Gasteiger partial charge in [-0.2, -0.15) is 0 Å². The summed E-state index contributed by atoms with van der Waals surface area (Å²) >= 11 is 0. The Morgan fingerprint density at radius 2 is 1.82 bits per heavy atom. The first-order valence-corrected chi connectivity index (χ1v) is 7.02. The van der Waals surface area contributed by atoms with Crippen molar-refractivity contribution in [2.24, 2.45) is 17.8 Å². The van der Waals surface area contributed by atoms with Crippen LogP contribution in [0.1, 0.15) is 58.3 Å². The van der Waals surface area contributed by atoms with E-state index in [1.807, 2.05) is 0 Å². The van der Waals surface area contributed by atoms with Gasteiger partial charge in [-0.05, 0) is 43.4 Å². The smallest absolute Gasteiger partial charge is 0.248 e. The molecule has 17 heavy (non-hydrogen) atoms. The molecule has 0 bridgehead atoms. The Balaban J connectivity index is 1.76. The molecule has 2 aliphatic carbocycles. The SMILES string of the molecule is CC1CCC(C(O)CC2CCC(F)(F)C2)CC1. The highest BCUT2D eigenvalue weighted by Gasteiger charge is 2.40. The summed E-state index contributed by atoms with van der Waals surface area (Å²) in [6.45, 7) is 2.25. The van der Waals surface area contributed by atoms with Crippen molar-refractivity contribution >= 4 is 0 Å². The Bertz CT molecular complexity index is 247. The number of hydrogen-bond donors (Lipinski definition) is 1. The van der Waals surface area contributed by atoms with Gasteiger partial charge in [0.15, 0.2) is 0 Å². The molecule has 1 N–H and O–H groups in total. The molecule has 2 aliphatic rings. The maximum Gasteiger partial charge on any atom is 0.248 e. The van der Waals surface area contributed by atoms with Gasteiger partial charge in [-0.15, -0.1) is 0 Å². The zero-order valence-corrected chi connectivity index (χ0v) is 10.7. The molecule has 2 fully saturated rings. The zero-order chi connectivity index (χ0) is 12.5. The van der Waals surface area contributed by atoms with Crippen LogP contribution in [0.2, 0.25) is 0 Å². The van der Waals surface area contributed by atoms with E-state index in [0.29, 0.717) is 18.8 Å². The highest BCUT2D eigenvalue weighted by atomic mass is 19.3. The quantitative estimate of drug-likeness (QED) is 0.798. The molecule has 0 spiro atoms. The van der Waals surface area contributed by atoms with Crippen LogP contribution in [0.5, 0.6) is 0 Å². The lowest BCUT2D eigenvalue weighted by Crippen LogP contribution is -2.27. The van der Waals surface area contributed by atoms with E-state index < -0.39 is 5.92 Å². The number of rotatable bonds is 3. The summed E-state index contributed by atoms with van der Waals surface area (Å²) in [5.41, 5.74) is 0. The van der Waals surface area contributed by atoms with E-state index in [2.05, 4.69) is 6.92 Å². The first-order chi connectivity index (χ1) is 7.96. The van der Waals surface area contributed by atoms with Gasteiger partial charge >= 0.3 is 0 Å². The molecule has 1 nitrogen and oxygen atoms in total. The van der Waals surface area contributed by atoms with Crippen molar-refractivity contribution in [1.82, 2.24) is 0 Å². The lowest BCUT2D eigenvalue weighted by Gasteiger charge is -2.31. The number of alkyl halides is 2. The van der Waals surface area contributed by atoms with Crippen LogP contribution in [-0.2, 0) is 0 Å². The van der Waals surface area contributed by atoms with Crippen LogP contribution >= 0.6 is 0 Å². The molecule has 0 aliphatic heterocycles. The third kappa shape index (κ3) is 3.64. The summed E-state index contributed by atoms with van der Waals surface area (Å²) in [4.78, 5) is 0. The van der Waals surface area contributed by atoms with Crippen molar-refractivity contribution in [2.45, 2.75) is 70.3 Å². The first-order valence-electron chi connectivity index (χ1n) is 7.02. The van der Waals surface area contributed by atoms with Crippen LogP contribution in [0, 0.1) is 17.8 Å². The van der Waals surface area contributed by atoms with Gasteiger partial charge in [-0.3, -0.25) is 0 Å². The second kappa shape index (κ2) is 5.21. The van der Waals surface area contributed by atoms with Gasteiger partial charge in [0.05, 0.1) is 6.10 Å². The Kier molecular flexibility index (Phi) is 4.06. The van der Waals surface area contributed by atoms with Crippen molar-refractivity contribution in [3.05, 3.63) is 0 Å². The average Bonchev–Trinajstić information content (AvgIpc) is 2.59. The normalized spacial score (nSPS) is 39.2. The molecule has 0 amide bonds. The molecule has 0 aromatic carbocycles. The van der Waals surface area contributed by atoms with E-state index in [0.717, 1.165) is 18.8 Å². The standard InChI is InChI=1S/C14H24F2O/c1-10-2-4-12(5-3-10)13(17)8-11-6-7-14(15,16)9-11/h10-13,17H,2-9H2,1H3. The minimum atomic E-state index is -2.47. The van der Waals surface area contributed by atoms with E-state index in [-0.39, 0.29) is 24.9 Å². The molecule has 0 aromatic rings. The third-order valence-corrected chi connectivity index (χ3v) is 4.69. The maximum absolute atomic E-state index is 13.1. The van der Waals surface area contributed by atoms with Crippen LogP contribution in [0.4, 0.5) is 8.78 Å². The summed E-state index contributed by atoms with van der Waals surface area (Å²) in [7, 11) is 0. The Morgan fingerprint density at radius 1 is 1.18 bits per heavy atom. The minimum absolute atomic E-state index is 0.00676. The highest BCUT2D eigenvalue weighted by molar-refractivity contribution is 4.85. The maximum atomic E-state index is 13.1. The van der Waals surface area contributed by atoms with Crippen molar-refractivity contribution in [2.75, 3.05) is 0 Å². The van der Waals surface area contributed by atoms with Gasteiger partial charge in [0.25, 0.3) is 0 Å². The Hall–Kier alpha value is -0.180. The summed E-state index contributed by atoms with van der Waals surface area (Å²) in [6.07, 6.45) is 5.37. The molecule has 2 atom stereocenters. The largest absolute Gasteiger partial charge is 0.393 e. The van der Waals surface area contributed by atoms with Crippen LogP contribution in [-0.4, -0.2) is 17.1 Å². The summed E-state index contributed by atoms with van der Waals surface area (Å²) in [6, 6.07) is 0. The van der Waals surface area contributed by atoms with Gasteiger partial charge in [0, 0.05) is 12.8 Å². The molecule has 2 unspecified atom stereocenters. The van der Waals surface area contributed by atoms with Gasteiger partial charge in [0.1, 0.15) is 0 Å². The fourth-order valence-corrected chi connectivity index (χ4v) is 3.45. The van der Waals surface area contributed by atoms with Gasteiger partial charge in [-0.25, -0.2) is 8.78 Å². The van der Waals surface area contributed by atoms with E-state index in [1.165, 1.54) is 12.8 Å². The van der Waals surface area contributed by atoms with E-state index >= 15 is 0 Å². The number of halogens is 2. The Morgan fingerprint density at radius 3 is 2.35 bits per heavy atom. The molecule has 0 heterocycles. The zero-order valence-electron chi connectivity index (χ0n) is 10.7. The summed E-state index contributed by atoms with van der Waals surface area (Å²) < 4.78 is 26.1. The summed E-state index contributed by atoms with van der Waals surface area (Å²) in [5, 5.41) is 10.1. The molecule has 100 valence electrons. The van der Waals surface area contributed by atoms with Crippen LogP contribution in [0.15, 0.2) is 0 Å².